The second kappa shape index (κ2) is 3.25. The zero-order chi connectivity index (χ0) is 9.43. The Hall–Kier alpha value is -0.520. The lowest BCUT2D eigenvalue weighted by atomic mass is 9.68. The first kappa shape index (κ1) is 8.76. The van der Waals surface area contributed by atoms with Crippen LogP contribution in [-0.2, 0) is 0 Å². The van der Waals surface area contributed by atoms with Crippen LogP contribution in [0.2, 0.25) is 0 Å². The molecule has 0 aromatic heterocycles. The van der Waals surface area contributed by atoms with Gasteiger partial charge < -0.3 is 0 Å². The van der Waals surface area contributed by atoms with E-state index < -0.39 is 0 Å². The summed E-state index contributed by atoms with van der Waals surface area (Å²) in [4.78, 5) is 0. The molecule has 0 aromatic rings. The Bertz CT molecular complexity index is 274. The van der Waals surface area contributed by atoms with Crippen molar-refractivity contribution < 1.29 is 0 Å². The number of rotatable bonds is 0. The standard InChI is InChI=1S/C14H20/c1-2-4-8-14(9-5-3-1)11-12-6-7-13(14)10-12/h1-2,6-7,12-13H,3-5,8-11H2/b2-1-. The van der Waals surface area contributed by atoms with Gasteiger partial charge in [-0.15, -0.1) is 0 Å². The zero-order valence-electron chi connectivity index (χ0n) is 8.91. The minimum absolute atomic E-state index is 0.726. The van der Waals surface area contributed by atoms with Gasteiger partial charge in [0, 0.05) is 0 Å². The fraction of sp³-hybridized carbons (Fsp3) is 0.714. The molecule has 1 saturated carbocycles. The van der Waals surface area contributed by atoms with E-state index in [4.69, 9.17) is 0 Å². The molecule has 0 nitrogen and oxygen atoms in total. The average molecular weight is 188 g/mol. The first-order valence-electron chi connectivity index (χ1n) is 6.22. The molecule has 3 aliphatic carbocycles. The topological polar surface area (TPSA) is 0 Å². The largest absolute Gasteiger partial charge is 0.0885 e. The molecular weight excluding hydrogens is 168 g/mol. The highest BCUT2D eigenvalue weighted by Crippen LogP contribution is 2.57. The summed E-state index contributed by atoms with van der Waals surface area (Å²) in [5, 5.41) is 0. The van der Waals surface area contributed by atoms with Crippen LogP contribution >= 0.6 is 0 Å². The second-order valence-corrected chi connectivity index (χ2v) is 5.46. The molecule has 0 heteroatoms. The van der Waals surface area contributed by atoms with E-state index in [0.717, 1.165) is 17.3 Å². The van der Waals surface area contributed by atoms with Crippen LogP contribution < -0.4 is 0 Å². The van der Waals surface area contributed by atoms with Crippen molar-refractivity contribution in [3.05, 3.63) is 24.3 Å². The summed E-state index contributed by atoms with van der Waals surface area (Å²) < 4.78 is 0. The van der Waals surface area contributed by atoms with E-state index in [1.807, 2.05) is 0 Å². The maximum atomic E-state index is 2.53. The SMILES string of the molecule is C1=CC2CC1CC21CC/C=C\CCC1. The second-order valence-electron chi connectivity index (χ2n) is 5.46. The van der Waals surface area contributed by atoms with E-state index in [-0.39, 0.29) is 0 Å². The Kier molecular flexibility index (Phi) is 2.04. The number of allylic oxidation sites excluding steroid dienone is 4. The molecule has 14 heavy (non-hydrogen) atoms. The van der Waals surface area contributed by atoms with Crippen molar-refractivity contribution in [2.45, 2.75) is 44.9 Å². The van der Waals surface area contributed by atoms with Gasteiger partial charge in [0.15, 0.2) is 0 Å². The summed E-state index contributed by atoms with van der Waals surface area (Å²) in [5.74, 6) is 1.89. The predicted molar refractivity (Wildman–Crippen MR) is 60.0 cm³/mol. The highest BCUT2D eigenvalue weighted by Gasteiger charge is 2.46. The van der Waals surface area contributed by atoms with Crippen LogP contribution in [0.1, 0.15) is 44.9 Å². The van der Waals surface area contributed by atoms with Crippen molar-refractivity contribution in [2.75, 3.05) is 0 Å². The molecule has 0 aromatic carbocycles. The third-order valence-electron chi connectivity index (χ3n) is 4.65. The Balaban J connectivity index is 1.81. The maximum absolute atomic E-state index is 2.53. The molecule has 0 N–H and O–H groups in total. The Morgan fingerprint density at radius 1 is 1.00 bits per heavy atom. The zero-order valence-corrected chi connectivity index (χ0v) is 8.91. The maximum Gasteiger partial charge on any atom is -0.0171 e. The van der Waals surface area contributed by atoms with E-state index in [0.29, 0.717) is 0 Å². The van der Waals surface area contributed by atoms with Crippen LogP contribution in [0.5, 0.6) is 0 Å². The van der Waals surface area contributed by atoms with Crippen molar-refractivity contribution in [2.24, 2.45) is 17.3 Å². The van der Waals surface area contributed by atoms with Gasteiger partial charge in [0.25, 0.3) is 0 Å². The van der Waals surface area contributed by atoms with E-state index >= 15 is 0 Å². The molecule has 2 bridgehead atoms. The van der Waals surface area contributed by atoms with Gasteiger partial charge in [0.2, 0.25) is 0 Å². The Morgan fingerprint density at radius 3 is 2.71 bits per heavy atom. The fourth-order valence-electron chi connectivity index (χ4n) is 3.93. The van der Waals surface area contributed by atoms with Crippen molar-refractivity contribution in [1.82, 2.24) is 0 Å². The molecular formula is C14H20. The highest BCUT2D eigenvalue weighted by molar-refractivity contribution is 5.16. The average Bonchev–Trinajstić information content (AvgIpc) is 2.71. The van der Waals surface area contributed by atoms with Gasteiger partial charge in [-0.25, -0.2) is 0 Å². The quantitative estimate of drug-likeness (QED) is 0.502. The molecule has 0 aliphatic heterocycles. The van der Waals surface area contributed by atoms with Crippen molar-refractivity contribution in [1.29, 1.82) is 0 Å². The van der Waals surface area contributed by atoms with Gasteiger partial charge in [0.05, 0.1) is 0 Å². The molecule has 0 heterocycles. The molecule has 1 spiro atoms. The minimum atomic E-state index is 0.726. The van der Waals surface area contributed by atoms with E-state index in [1.54, 1.807) is 0 Å². The minimum Gasteiger partial charge on any atom is -0.0885 e. The van der Waals surface area contributed by atoms with E-state index in [1.165, 1.54) is 44.9 Å². The predicted octanol–water partition coefficient (Wildman–Crippen LogP) is 4.09. The van der Waals surface area contributed by atoms with Gasteiger partial charge in [0.1, 0.15) is 0 Å². The van der Waals surface area contributed by atoms with Crippen molar-refractivity contribution >= 4 is 0 Å². The fourth-order valence-corrected chi connectivity index (χ4v) is 3.93. The molecule has 3 rings (SSSR count). The highest BCUT2D eigenvalue weighted by atomic mass is 14.5. The molecule has 3 aliphatic rings. The molecule has 1 fully saturated rings. The van der Waals surface area contributed by atoms with Gasteiger partial charge in [-0.2, -0.15) is 0 Å². The number of hydrogen-bond donors (Lipinski definition) is 0. The van der Waals surface area contributed by atoms with Crippen LogP contribution in [-0.4, -0.2) is 0 Å². The Labute approximate surface area is 87.1 Å². The van der Waals surface area contributed by atoms with E-state index in [9.17, 15) is 0 Å². The van der Waals surface area contributed by atoms with E-state index in [2.05, 4.69) is 24.3 Å². The summed E-state index contributed by atoms with van der Waals surface area (Å²) in [6, 6.07) is 0. The third-order valence-corrected chi connectivity index (χ3v) is 4.65. The molecule has 3 unspecified atom stereocenters. The van der Waals surface area contributed by atoms with Crippen LogP contribution in [0.4, 0.5) is 0 Å². The lowest BCUT2D eigenvalue weighted by Gasteiger charge is -2.36. The van der Waals surface area contributed by atoms with Gasteiger partial charge in [-0.1, -0.05) is 24.3 Å². The Morgan fingerprint density at radius 2 is 1.93 bits per heavy atom. The molecule has 0 amide bonds. The molecule has 0 saturated heterocycles. The van der Waals surface area contributed by atoms with Gasteiger partial charge in [-0.3, -0.25) is 0 Å². The summed E-state index contributed by atoms with van der Waals surface area (Å²) >= 11 is 0. The van der Waals surface area contributed by atoms with Crippen molar-refractivity contribution in [3.63, 3.8) is 0 Å². The summed E-state index contributed by atoms with van der Waals surface area (Å²) in [5.41, 5.74) is 0.726. The van der Waals surface area contributed by atoms with Crippen LogP contribution in [0.3, 0.4) is 0 Å². The summed E-state index contributed by atoms with van der Waals surface area (Å²) in [6.45, 7) is 0. The van der Waals surface area contributed by atoms with Gasteiger partial charge >= 0.3 is 0 Å². The van der Waals surface area contributed by atoms with Crippen molar-refractivity contribution in [3.8, 4) is 0 Å². The van der Waals surface area contributed by atoms with Crippen LogP contribution in [0.25, 0.3) is 0 Å². The lowest BCUT2D eigenvalue weighted by Crippen LogP contribution is -2.26. The first-order chi connectivity index (χ1) is 6.89. The smallest absolute Gasteiger partial charge is 0.0171 e. The normalized spacial score (nSPS) is 48.0. The van der Waals surface area contributed by atoms with Crippen LogP contribution in [0, 0.1) is 17.3 Å². The lowest BCUT2D eigenvalue weighted by molar-refractivity contribution is 0.184. The summed E-state index contributed by atoms with van der Waals surface area (Å²) in [7, 11) is 0. The summed E-state index contributed by atoms with van der Waals surface area (Å²) in [6.07, 6.45) is 19.8. The number of hydrogen-bond acceptors (Lipinski definition) is 0. The third kappa shape index (κ3) is 1.27. The number of fused-ring (bicyclic) bond motifs is 3. The first-order valence-corrected chi connectivity index (χ1v) is 6.22. The van der Waals surface area contributed by atoms with Crippen LogP contribution in [0.15, 0.2) is 24.3 Å². The molecule has 76 valence electrons. The molecule has 0 radical (unpaired) electrons. The van der Waals surface area contributed by atoms with Gasteiger partial charge in [-0.05, 0) is 62.2 Å². The monoisotopic (exact) mass is 188 g/mol. The molecule has 3 atom stereocenters.